The number of amides is 1. The van der Waals surface area contributed by atoms with E-state index in [1.54, 1.807) is 11.9 Å². The van der Waals surface area contributed by atoms with E-state index in [0.29, 0.717) is 5.56 Å². The zero-order valence-corrected chi connectivity index (χ0v) is 17.1. The highest BCUT2D eigenvalue weighted by molar-refractivity contribution is 6.05. The summed E-state index contributed by atoms with van der Waals surface area (Å²) in [5.74, 6) is 0.822. The van der Waals surface area contributed by atoms with Crippen molar-refractivity contribution in [1.82, 2.24) is 4.90 Å². The van der Waals surface area contributed by atoms with Gasteiger partial charge in [-0.1, -0.05) is 37.1 Å². The first kappa shape index (κ1) is 21.7. The average molecular weight is 381 g/mol. The van der Waals surface area contributed by atoms with E-state index in [1.165, 1.54) is 19.3 Å². The summed E-state index contributed by atoms with van der Waals surface area (Å²) >= 11 is 0. The second-order valence-electron chi connectivity index (χ2n) is 7.04. The van der Waals surface area contributed by atoms with Gasteiger partial charge in [-0.25, -0.2) is 0 Å². The smallest absolute Gasteiger partial charge is 0.258 e. The Kier molecular flexibility index (Phi) is 9.29. The number of carbonyl (C=O) groups excluding carboxylic acids is 1. The monoisotopic (exact) mass is 380 g/mol. The molecule has 2 aromatic rings. The molecule has 0 aromatic heterocycles. The molecule has 0 spiro atoms. The van der Waals surface area contributed by atoms with Crippen LogP contribution in [0.15, 0.2) is 67.3 Å². The van der Waals surface area contributed by atoms with E-state index in [0.717, 1.165) is 37.6 Å². The SMILES string of the molecule is C=CCN(C)CCCCCCOc1ccc(N(C)C(=O)c2ccccc2)cc1. The van der Waals surface area contributed by atoms with Crippen LogP contribution in [0.1, 0.15) is 36.0 Å². The summed E-state index contributed by atoms with van der Waals surface area (Å²) in [6, 6.07) is 17.0. The third kappa shape index (κ3) is 7.20. The molecule has 0 saturated heterocycles. The molecule has 0 aliphatic carbocycles. The lowest BCUT2D eigenvalue weighted by Crippen LogP contribution is -2.25. The fourth-order valence-electron chi connectivity index (χ4n) is 3.00. The van der Waals surface area contributed by atoms with Crippen LogP contribution >= 0.6 is 0 Å². The number of benzene rings is 2. The Labute approximate surface area is 169 Å². The van der Waals surface area contributed by atoms with Gasteiger partial charge in [0, 0.05) is 24.8 Å². The zero-order chi connectivity index (χ0) is 20.2. The molecule has 0 N–H and O–H groups in total. The highest BCUT2D eigenvalue weighted by Gasteiger charge is 2.12. The zero-order valence-electron chi connectivity index (χ0n) is 17.1. The molecule has 2 aromatic carbocycles. The van der Waals surface area contributed by atoms with Gasteiger partial charge in [0.1, 0.15) is 5.75 Å². The molecule has 28 heavy (non-hydrogen) atoms. The van der Waals surface area contributed by atoms with Crippen LogP contribution < -0.4 is 9.64 Å². The fraction of sp³-hybridized carbons (Fsp3) is 0.375. The maximum absolute atomic E-state index is 12.5. The fourth-order valence-corrected chi connectivity index (χ4v) is 3.00. The summed E-state index contributed by atoms with van der Waals surface area (Å²) in [6.07, 6.45) is 6.60. The van der Waals surface area contributed by atoms with Gasteiger partial charge in [0.25, 0.3) is 5.91 Å². The van der Waals surface area contributed by atoms with Crippen LogP contribution in [0.3, 0.4) is 0 Å². The topological polar surface area (TPSA) is 32.8 Å². The Hall–Kier alpha value is -2.59. The average Bonchev–Trinajstić information content (AvgIpc) is 2.73. The third-order valence-electron chi connectivity index (χ3n) is 4.69. The standard InChI is InChI=1S/C24H32N2O2/c1-4-18-25(2)19-10-5-6-11-20-28-23-16-14-22(15-17-23)26(3)24(27)21-12-8-7-9-13-21/h4,7-9,12-17H,1,5-6,10-11,18-20H2,2-3H3. The van der Waals surface area contributed by atoms with Gasteiger partial charge in [0.15, 0.2) is 0 Å². The van der Waals surface area contributed by atoms with Crippen LogP contribution in [0.4, 0.5) is 5.69 Å². The van der Waals surface area contributed by atoms with Gasteiger partial charge in [-0.05, 0) is 62.8 Å². The van der Waals surface area contributed by atoms with Crippen LogP contribution in [0.5, 0.6) is 5.75 Å². The van der Waals surface area contributed by atoms with Crippen molar-refractivity contribution < 1.29 is 9.53 Å². The molecule has 2 rings (SSSR count). The quantitative estimate of drug-likeness (QED) is 0.383. The molecular formula is C24H32N2O2. The number of anilines is 1. The third-order valence-corrected chi connectivity index (χ3v) is 4.69. The highest BCUT2D eigenvalue weighted by atomic mass is 16.5. The second-order valence-corrected chi connectivity index (χ2v) is 7.04. The lowest BCUT2D eigenvalue weighted by atomic mass is 10.2. The van der Waals surface area contributed by atoms with Crippen molar-refractivity contribution in [2.24, 2.45) is 0 Å². The molecule has 0 aliphatic heterocycles. The van der Waals surface area contributed by atoms with Crippen molar-refractivity contribution in [3.05, 3.63) is 72.8 Å². The number of likely N-dealkylation sites (N-methyl/N-ethyl adjacent to an activating group) is 1. The Morgan fingerprint density at radius 3 is 2.32 bits per heavy atom. The molecule has 0 saturated carbocycles. The maximum Gasteiger partial charge on any atom is 0.258 e. The summed E-state index contributed by atoms with van der Waals surface area (Å²) in [7, 11) is 3.91. The number of ether oxygens (including phenoxy) is 1. The summed E-state index contributed by atoms with van der Waals surface area (Å²) in [4.78, 5) is 16.4. The second kappa shape index (κ2) is 12.0. The van der Waals surface area contributed by atoms with Crippen LogP contribution in [0.2, 0.25) is 0 Å². The first-order valence-corrected chi connectivity index (χ1v) is 9.97. The predicted molar refractivity (Wildman–Crippen MR) is 117 cm³/mol. The summed E-state index contributed by atoms with van der Waals surface area (Å²) in [5.41, 5.74) is 1.53. The molecule has 1 amide bonds. The lowest BCUT2D eigenvalue weighted by molar-refractivity contribution is 0.0993. The molecule has 0 unspecified atom stereocenters. The maximum atomic E-state index is 12.5. The minimum atomic E-state index is -0.0204. The number of carbonyl (C=O) groups is 1. The number of hydrogen-bond acceptors (Lipinski definition) is 3. The van der Waals surface area contributed by atoms with Gasteiger partial charge in [-0.3, -0.25) is 4.79 Å². The van der Waals surface area contributed by atoms with E-state index in [2.05, 4.69) is 18.5 Å². The van der Waals surface area contributed by atoms with E-state index >= 15 is 0 Å². The van der Waals surface area contributed by atoms with Crippen molar-refractivity contribution >= 4 is 11.6 Å². The minimum Gasteiger partial charge on any atom is -0.494 e. The van der Waals surface area contributed by atoms with Crippen molar-refractivity contribution in [1.29, 1.82) is 0 Å². The lowest BCUT2D eigenvalue weighted by Gasteiger charge is -2.18. The number of unbranched alkanes of at least 4 members (excludes halogenated alkanes) is 3. The predicted octanol–water partition coefficient (Wildman–Crippen LogP) is 5.02. The summed E-state index contributed by atoms with van der Waals surface area (Å²) in [6.45, 7) is 6.55. The van der Waals surface area contributed by atoms with Crippen molar-refractivity contribution in [3.63, 3.8) is 0 Å². The first-order chi connectivity index (χ1) is 13.6. The van der Waals surface area contributed by atoms with Gasteiger partial charge in [-0.15, -0.1) is 6.58 Å². The molecule has 0 aliphatic rings. The van der Waals surface area contributed by atoms with Crippen LogP contribution in [-0.2, 0) is 0 Å². The van der Waals surface area contributed by atoms with Crippen molar-refractivity contribution in [3.8, 4) is 5.75 Å². The van der Waals surface area contributed by atoms with E-state index in [1.807, 2.05) is 60.7 Å². The summed E-state index contributed by atoms with van der Waals surface area (Å²) < 4.78 is 5.82. The van der Waals surface area contributed by atoms with Crippen molar-refractivity contribution in [2.75, 3.05) is 38.7 Å². The van der Waals surface area contributed by atoms with Crippen LogP contribution in [0.25, 0.3) is 0 Å². The number of nitrogens with zero attached hydrogens (tertiary/aromatic N) is 2. The molecule has 4 heteroatoms. The molecule has 150 valence electrons. The van der Waals surface area contributed by atoms with Gasteiger partial charge in [0.05, 0.1) is 6.61 Å². The van der Waals surface area contributed by atoms with E-state index in [9.17, 15) is 4.79 Å². The van der Waals surface area contributed by atoms with Crippen LogP contribution in [0, 0.1) is 0 Å². The van der Waals surface area contributed by atoms with Gasteiger partial charge in [-0.2, -0.15) is 0 Å². The number of rotatable bonds is 12. The Bertz CT molecular complexity index is 713. The Balaban J connectivity index is 1.68. The first-order valence-electron chi connectivity index (χ1n) is 9.97. The molecule has 0 bridgehead atoms. The normalized spacial score (nSPS) is 10.7. The highest BCUT2D eigenvalue weighted by Crippen LogP contribution is 2.20. The van der Waals surface area contributed by atoms with E-state index in [-0.39, 0.29) is 5.91 Å². The van der Waals surface area contributed by atoms with Crippen LogP contribution in [-0.4, -0.2) is 44.6 Å². The molecule has 4 nitrogen and oxygen atoms in total. The molecular weight excluding hydrogens is 348 g/mol. The Morgan fingerprint density at radius 2 is 1.64 bits per heavy atom. The van der Waals surface area contributed by atoms with Gasteiger partial charge >= 0.3 is 0 Å². The minimum absolute atomic E-state index is 0.0204. The van der Waals surface area contributed by atoms with E-state index in [4.69, 9.17) is 4.74 Å². The molecule has 0 heterocycles. The summed E-state index contributed by atoms with van der Waals surface area (Å²) in [5, 5.41) is 0. The van der Waals surface area contributed by atoms with Gasteiger partial charge < -0.3 is 14.5 Å². The van der Waals surface area contributed by atoms with Crippen molar-refractivity contribution in [2.45, 2.75) is 25.7 Å². The van der Waals surface area contributed by atoms with Gasteiger partial charge in [0.2, 0.25) is 0 Å². The molecule has 0 radical (unpaired) electrons. The molecule has 0 fully saturated rings. The Morgan fingerprint density at radius 1 is 0.964 bits per heavy atom. The molecule has 0 atom stereocenters. The largest absolute Gasteiger partial charge is 0.494 e. The number of hydrogen-bond donors (Lipinski definition) is 0. The van der Waals surface area contributed by atoms with E-state index < -0.39 is 0 Å².